The van der Waals surface area contributed by atoms with Gasteiger partial charge in [-0.05, 0) is 23.8 Å². The summed E-state index contributed by atoms with van der Waals surface area (Å²) in [5, 5.41) is 13.9. The molecular weight excluding hydrogens is 246 g/mol. The zero-order valence-corrected chi connectivity index (χ0v) is 10.4. The summed E-state index contributed by atoms with van der Waals surface area (Å²) in [6.07, 6.45) is 1.64. The van der Waals surface area contributed by atoms with Crippen molar-refractivity contribution in [2.45, 2.75) is 6.54 Å². The molecule has 6 heteroatoms. The average Bonchev–Trinajstić information content (AvgIpc) is 2.46. The van der Waals surface area contributed by atoms with E-state index in [1.54, 1.807) is 19.4 Å². The monoisotopic (exact) mass is 260 g/mol. The highest BCUT2D eigenvalue weighted by Crippen LogP contribution is 2.18. The molecule has 0 amide bonds. The quantitative estimate of drug-likeness (QED) is 0.659. The zero-order chi connectivity index (χ0) is 13.7. The van der Waals surface area contributed by atoms with Crippen molar-refractivity contribution in [2.24, 2.45) is 0 Å². The fourth-order valence-electron chi connectivity index (χ4n) is 1.66. The van der Waals surface area contributed by atoms with Gasteiger partial charge in [-0.1, -0.05) is 12.1 Å². The molecule has 0 aliphatic heterocycles. The molecule has 0 fully saturated rings. The third kappa shape index (κ3) is 3.19. The Morgan fingerprint density at radius 2 is 2.05 bits per heavy atom. The molecule has 0 saturated heterocycles. The van der Waals surface area contributed by atoms with E-state index in [1.807, 2.05) is 24.3 Å². The van der Waals surface area contributed by atoms with Crippen molar-refractivity contribution in [3.63, 3.8) is 0 Å². The van der Waals surface area contributed by atoms with Crippen LogP contribution in [-0.2, 0) is 6.54 Å². The van der Waals surface area contributed by atoms with Gasteiger partial charge in [0, 0.05) is 6.07 Å². The van der Waals surface area contributed by atoms with E-state index < -0.39 is 4.92 Å². The lowest BCUT2D eigenvalue weighted by molar-refractivity contribution is -0.409. The highest BCUT2D eigenvalue weighted by Gasteiger charge is 2.19. The number of ether oxygens (including phenoxy) is 1. The number of nitrogens with zero attached hydrogens (tertiary/aromatic N) is 1. The van der Waals surface area contributed by atoms with Gasteiger partial charge in [-0.3, -0.25) is 15.4 Å². The standard InChI is InChI=1S/C13H13N3O3/c1-19-11-6-4-10(5-7-11)9-15-13-12(16(17)18)3-2-8-14-13/h2-8H,9H2,1H3,(H,14,15)/p+1. The molecule has 0 radical (unpaired) electrons. The predicted octanol–water partition coefficient (Wildman–Crippen LogP) is 2.03. The number of H-pyrrole nitrogens is 1. The lowest BCUT2D eigenvalue weighted by Crippen LogP contribution is -2.14. The molecule has 6 nitrogen and oxygen atoms in total. The first kappa shape index (κ1) is 12.8. The van der Waals surface area contributed by atoms with Crippen LogP contribution in [0.1, 0.15) is 5.56 Å². The summed E-state index contributed by atoms with van der Waals surface area (Å²) in [4.78, 5) is 13.3. The van der Waals surface area contributed by atoms with Gasteiger partial charge in [0.05, 0.1) is 18.2 Å². The lowest BCUT2D eigenvalue weighted by Gasteiger charge is -2.02. The number of nitrogens with one attached hydrogen (secondary N) is 2. The van der Waals surface area contributed by atoms with Gasteiger partial charge < -0.3 is 4.74 Å². The number of pyridine rings is 1. The van der Waals surface area contributed by atoms with Crippen molar-refractivity contribution in [3.05, 3.63) is 58.3 Å². The van der Waals surface area contributed by atoms with Crippen LogP contribution in [0.3, 0.4) is 0 Å². The Balaban J connectivity index is 2.07. The molecule has 0 aliphatic rings. The maximum atomic E-state index is 10.8. The SMILES string of the molecule is COc1ccc(CNc2[nH+]cccc2[N+](=O)[O-])cc1. The molecule has 2 rings (SSSR count). The molecule has 98 valence electrons. The van der Waals surface area contributed by atoms with Gasteiger partial charge in [0.2, 0.25) is 0 Å². The predicted molar refractivity (Wildman–Crippen MR) is 70.0 cm³/mol. The van der Waals surface area contributed by atoms with E-state index >= 15 is 0 Å². The second kappa shape index (κ2) is 5.81. The Bertz CT molecular complexity index is 570. The molecule has 1 heterocycles. The van der Waals surface area contributed by atoms with Gasteiger partial charge in [-0.15, -0.1) is 0 Å². The Morgan fingerprint density at radius 1 is 1.32 bits per heavy atom. The van der Waals surface area contributed by atoms with Crippen LogP contribution in [0.5, 0.6) is 5.75 Å². The maximum Gasteiger partial charge on any atom is 0.357 e. The van der Waals surface area contributed by atoms with E-state index in [1.165, 1.54) is 6.07 Å². The highest BCUT2D eigenvalue weighted by atomic mass is 16.6. The van der Waals surface area contributed by atoms with Crippen LogP contribution < -0.4 is 15.0 Å². The number of methoxy groups -OCH3 is 1. The molecule has 0 bridgehead atoms. The molecule has 0 spiro atoms. The second-order valence-corrected chi connectivity index (χ2v) is 3.89. The van der Waals surface area contributed by atoms with Gasteiger partial charge in [-0.25, -0.2) is 4.98 Å². The summed E-state index contributed by atoms with van der Waals surface area (Å²) in [5.41, 5.74) is 1.03. The van der Waals surface area contributed by atoms with Crippen molar-refractivity contribution in [3.8, 4) is 5.75 Å². The maximum absolute atomic E-state index is 10.8. The average molecular weight is 260 g/mol. The molecule has 0 saturated carbocycles. The van der Waals surface area contributed by atoms with E-state index in [0.717, 1.165) is 11.3 Å². The van der Waals surface area contributed by atoms with E-state index in [2.05, 4.69) is 10.3 Å². The minimum absolute atomic E-state index is 0.0241. The van der Waals surface area contributed by atoms with Crippen molar-refractivity contribution in [1.82, 2.24) is 0 Å². The Hall–Kier alpha value is -2.63. The van der Waals surface area contributed by atoms with E-state index in [-0.39, 0.29) is 5.69 Å². The van der Waals surface area contributed by atoms with Crippen LogP contribution in [0.25, 0.3) is 0 Å². The molecule has 19 heavy (non-hydrogen) atoms. The first-order valence-electron chi connectivity index (χ1n) is 5.72. The number of aromatic nitrogens is 1. The molecule has 2 aromatic rings. The van der Waals surface area contributed by atoms with Crippen molar-refractivity contribution >= 4 is 11.5 Å². The van der Waals surface area contributed by atoms with Gasteiger partial charge in [0.25, 0.3) is 0 Å². The third-order valence-electron chi connectivity index (χ3n) is 2.66. The van der Waals surface area contributed by atoms with Crippen LogP contribution in [0.15, 0.2) is 42.6 Å². The molecule has 2 N–H and O–H groups in total. The van der Waals surface area contributed by atoms with Crippen LogP contribution in [0.2, 0.25) is 0 Å². The summed E-state index contributed by atoms with van der Waals surface area (Å²) in [7, 11) is 1.61. The van der Waals surface area contributed by atoms with E-state index in [9.17, 15) is 10.1 Å². The Kier molecular flexibility index (Phi) is 3.92. The summed E-state index contributed by atoms with van der Waals surface area (Å²) in [6.45, 7) is 0.491. The van der Waals surface area contributed by atoms with Crippen molar-refractivity contribution in [1.29, 1.82) is 0 Å². The van der Waals surface area contributed by atoms with Gasteiger partial charge in [-0.2, -0.15) is 0 Å². The number of nitro groups is 1. The molecule has 0 atom stereocenters. The summed E-state index contributed by atoms with van der Waals surface area (Å²) in [6, 6.07) is 10.5. The van der Waals surface area contributed by atoms with Gasteiger partial charge in [0.15, 0.2) is 0 Å². The van der Waals surface area contributed by atoms with E-state index in [4.69, 9.17) is 4.74 Å². The highest BCUT2D eigenvalue weighted by molar-refractivity contribution is 5.51. The number of hydrogen-bond acceptors (Lipinski definition) is 4. The Morgan fingerprint density at radius 3 is 2.68 bits per heavy atom. The van der Waals surface area contributed by atoms with E-state index in [0.29, 0.717) is 12.4 Å². The number of aromatic amines is 1. The normalized spacial score (nSPS) is 9.95. The molecule has 0 aliphatic carbocycles. The lowest BCUT2D eigenvalue weighted by atomic mass is 10.2. The fraction of sp³-hybridized carbons (Fsp3) is 0.154. The first-order valence-corrected chi connectivity index (χ1v) is 5.72. The van der Waals surface area contributed by atoms with Crippen LogP contribution >= 0.6 is 0 Å². The summed E-state index contributed by atoms with van der Waals surface area (Å²) >= 11 is 0. The molecule has 1 aromatic heterocycles. The topological polar surface area (TPSA) is 78.5 Å². The van der Waals surface area contributed by atoms with Crippen molar-refractivity contribution in [2.75, 3.05) is 12.4 Å². The fourth-order valence-corrected chi connectivity index (χ4v) is 1.66. The summed E-state index contributed by atoms with van der Waals surface area (Å²) in [5.74, 6) is 1.17. The zero-order valence-electron chi connectivity index (χ0n) is 10.4. The van der Waals surface area contributed by atoms with Gasteiger partial charge in [0.1, 0.15) is 12.3 Å². The van der Waals surface area contributed by atoms with Crippen LogP contribution in [0.4, 0.5) is 11.5 Å². The third-order valence-corrected chi connectivity index (χ3v) is 2.66. The number of anilines is 1. The first-order chi connectivity index (χ1) is 9.20. The second-order valence-electron chi connectivity index (χ2n) is 3.89. The van der Waals surface area contributed by atoms with Crippen LogP contribution in [-0.4, -0.2) is 12.0 Å². The smallest absolute Gasteiger partial charge is 0.357 e. The minimum atomic E-state index is -0.424. The Labute approximate surface area is 110 Å². The van der Waals surface area contributed by atoms with Crippen LogP contribution in [0, 0.1) is 10.1 Å². The number of hydrogen-bond donors (Lipinski definition) is 1. The number of benzene rings is 1. The van der Waals surface area contributed by atoms with Gasteiger partial charge >= 0.3 is 11.5 Å². The van der Waals surface area contributed by atoms with Crippen molar-refractivity contribution < 1.29 is 14.6 Å². The number of rotatable bonds is 5. The minimum Gasteiger partial charge on any atom is -0.497 e. The molecular formula is C13H14N3O3+. The molecule has 0 unspecified atom stereocenters. The largest absolute Gasteiger partial charge is 0.497 e. The summed E-state index contributed by atoms with van der Waals surface area (Å²) < 4.78 is 5.07. The molecule has 1 aromatic carbocycles.